The smallest absolute Gasteiger partial charge is 0.315 e. The molecular formula is C9H17N5O. The van der Waals surface area contributed by atoms with Crippen LogP contribution in [0.1, 0.15) is 31.4 Å². The second-order valence-corrected chi connectivity index (χ2v) is 3.30. The Morgan fingerprint density at radius 3 is 2.87 bits per heavy atom. The fraction of sp³-hybridized carbons (Fsp3) is 0.667. The number of aromatic nitrogens is 3. The highest BCUT2D eigenvalue weighted by Gasteiger charge is 2.02. The Bertz CT molecular complexity index is 309. The lowest BCUT2D eigenvalue weighted by molar-refractivity contribution is 0.240. The minimum absolute atomic E-state index is 0.175. The molecule has 1 aromatic rings. The quantitative estimate of drug-likeness (QED) is 0.627. The maximum Gasteiger partial charge on any atom is 0.315 e. The molecule has 2 amide bonds. The number of unbranched alkanes of at least 4 members (excludes halogenated alkanes) is 1. The molecule has 0 aliphatic carbocycles. The first-order valence-electron chi connectivity index (χ1n) is 5.12. The molecule has 0 aromatic carbocycles. The number of nitrogens with zero attached hydrogens (tertiary/aromatic N) is 2. The van der Waals surface area contributed by atoms with E-state index in [9.17, 15) is 4.79 Å². The summed E-state index contributed by atoms with van der Waals surface area (Å²) in [7, 11) is 0. The molecule has 0 saturated heterocycles. The van der Waals surface area contributed by atoms with Crippen molar-refractivity contribution in [1.29, 1.82) is 0 Å². The van der Waals surface area contributed by atoms with Crippen LogP contribution in [0.5, 0.6) is 0 Å². The molecule has 0 spiro atoms. The third-order valence-electron chi connectivity index (χ3n) is 1.87. The number of carbonyl (C=O) groups excluding carboxylic acids is 1. The molecule has 15 heavy (non-hydrogen) atoms. The van der Waals surface area contributed by atoms with Gasteiger partial charge in [0, 0.05) is 6.54 Å². The van der Waals surface area contributed by atoms with Crippen molar-refractivity contribution in [2.24, 2.45) is 0 Å². The predicted octanol–water partition coefficient (Wildman–Crippen LogP) is 0.712. The largest absolute Gasteiger partial charge is 0.338 e. The van der Waals surface area contributed by atoms with E-state index in [-0.39, 0.29) is 6.03 Å². The van der Waals surface area contributed by atoms with Crippen LogP contribution in [0.25, 0.3) is 0 Å². The molecule has 1 rings (SSSR count). The number of aromatic amines is 1. The molecule has 0 aliphatic rings. The molecular weight excluding hydrogens is 194 g/mol. The molecule has 6 heteroatoms. The lowest BCUT2D eigenvalue weighted by Crippen LogP contribution is -2.35. The van der Waals surface area contributed by atoms with E-state index in [1.807, 2.05) is 6.92 Å². The van der Waals surface area contributed by atoms with Crippen LogP contribution in [0, 0.1) is 6.92 Å². The minimum atomic E-state index is -0.175. The molecule has 1 aromatic heterocycles. The summed E-state index contributed by atoms with van der Waals surface area (Å²) in [5.41, 5.74) is 0. The van der Waals surface area contributed by atoms with Crippen molar-refractivity contribution in [3.63, 3.8) is 0 Å². The van der Waals surface area contributed by atoms with Gasteiger partial charge in [0.25, 0.3) is 0 Å². The number of hydrogen-bond acceptors (Lipinski definition) is 3. The molecule has 1 heterocycles. The van der Waals surface area contributed by atoms with Gasteiger partial charge < -0.3 is 10.6 Å². The predicted molar refractivity (Wildman–Crippen MR) is 56.3 cm³/mol. The van der Waals surface area contributed by atoms with E-state index in [4.69, 9.17) is 0 Å². The van der Waals surface area contributed by atoms with Gasteiger partial charge in [-0.3, -0.25) is 5.10 Å². The summed E-state index contributed by atoms with van der Waals surface area (Å²) in [6, 6.07) is -0.175. The molecule has 0 atom stereocenters. The zero-order chi connectivity index (χ0) is 11.1. The third kappa shape index (κ3) is 4.44. The number of urea groups is 1. The molecule has 0 bridgehead atoms. The summed E-state index contributed by atoms with van der Waals surface area (Å²) in [6.07, 6.45) is 2.06. The first kappa shape index (κ1) is 11.5. The Morgan fingerprint density at radius 2 is 2.27 bits per heavy atom. The van der Waals surface area contributed by atoms with Gasteiger partial charge in [-0.15, -0.1) is 0 Å². The fourth-order valence-electron chi connectivity index (χ4n) is 1.07. The second kappa shape index (κ2) is 6.00. The highest BCUT2D eigenvalue weighted by atomic mass is 16.2. The van der Waals surface area contributed by atoms with Gasteiger partial charge in [0.1, 0.15) is 5.82 Å². The lowest BCUT2D eigenvalue weighted by atomic mass is 10.3. The number of aryl methyl sites for hydroxylation is 1. The topological polar surface area (TPSA) is 82.7 Å². The second-order valence-electron chi connectivity index (χ2n) is 3.30. The van der Waals surface area contributed by atoms with Crippen LogP contribution >= 0.6 is 0 Å². The fourth-order valence-corrected chi connectivity index (χ4v) is 1.07. The number of H-pyrrole nitrogens is 1. The van der Waals surface area contributed by atoms with E-state index in [1.54, 1.807) is 0 Å². The van der Waals surface area contributed by atoms with Gasteiger partial charge in [0.05, 0.1) is 6.54 Å². The van der Waals surface area contributed by atoms with Gasteiger partial charge in [-0.2, -0.15) is 5.10 Å². The van der Waals surface area contributed by atoms with Crippen LogP contribution in [0.15, 0.2) is 0 Å². The summed E-state index contributed by atoms with van der Waals surface area (Å²) in [4.78, 5) is 15.3. The standard InChI is InChI=1S/C9H17N5O/c1-3-4-5-10-9(15)11-6-8-12-7(2)13-14-8/h3-6H2,1-2H3,(H2,10,11,15)(H,12,13,14). The summed E-state index contributed by atoms with van der Waals surface area (Å²) in [5, 5.41) is 12.0. The van der Waals surface area contributed by atoms with E-state index < -0.39 is 0 Å². The average molecular weight is 211 g/mol. The van der Waals surface area contributed by atoms with E-state index >= 15 is 0 Å². The number of rotatable bonds is 5. The Balaban J connectivity index is 2.16. The first-order chi connectivity index (χ1) is 7.22. The van der Waals surface area contributed by atoms with Gasteiger partial charge in [-0.25, -0.2) is 9.78 Å². The van der Waals surface area contributed by atoms with Crippen molar-refractivity contribution in [3.8, 4) is 0 Å². The van der Waals surface area contributed by atoms with Crippen molar-refractivity contribution in [3.05, 3.63) is 11.6 Å². The van der Waals surface area contributed by atoms with Gasteiger partial charge in [-0.1, -0.05) is 13.3 Å². The van der Waals surface area contributed by atoms with E-state index in [0.29, 0.717) is 18.9 Å². The van der Waals surface area contributed by atoms with E-state index in [0.717, 1.165) is 18.7 Å². The first-order valence-corrected chi connectivity index (χ1v) is 5.12. The zero-order valence-corrected chi connectivity index (χ0v) is 9.13. The molecule has 0 saturated carbocycles. The minimum Gasteiger partial charge on any atom is -0.338 e. The summed E-state index contributed by atoms with van der Waals surface area (Å²) in [6.45, 7) is 4.95. The van der Waals surface area contributed by atoms with Crippen LogP contribution in [0.2, 0.25) is 0 Å². The summed E-state index contributed by atoms with van der Waals surface area (Å²) in [5.74, 6) is 1.34. The molecule has 0 radical (unpaired) electrons. The average Bonchev–Trinajstić information content (AvgIpc) is 2.62. The number of amides is 2. The van der Waals surface area contributed by atoms with E-state index in [1.165, 1.54) is 0 Å². The normalized spacial score (nSPS) is 10.0. The lowest BCUT2D eigenvalue weighted by Gasteiger charge is -2.04. The molecule has 6 nitrogen and oxygen atoms in total. The van der Waals surface area contributed by atoms with Crippen LogP contribution in [-0.4, -0.2) is 27.8 Å². The summed E-state index contributed by atoms with van der Waals surface area (Å²) >= 11 is 0. The van der Waals surface area contributed by atoms with Gasteiger partial charge in [-0.05, 0) is 13.3 Å². The Labute approximate surface area is 88.9 Å². The van der Waals surface area contributed by atoms with Crippen molar-refractivity contribution >= 4 is 6.03 Å². The molecule has 3 N–H and O–H groups in total. The highest BCUT2D eigenvalue weighted by molar-refractivity contribution is 5.73. The van der Waals surface area contributed by atoms with E-state index in [2.05, 4.69) is 32.7 Å². The Morgan fingerprint density at radius 1 is 1.47 bits per heavy atom. The Hall–Kier alpha value is -1.59. The van der Waals surface area contributed by atoms with Gasteiger partial charge >= 0.3 is 6.03 Å². The van der Waals surface area contributed by atoms with Crippen molar-refractivity contribution in [1.82, 2.24) is 25.8 Å². The van der Waals surface area contributed by atoms with Crippen LogP contribution in [0.4, 0.5) is 4.79 Å². The van der Waals surface area contributed by atoms with Gasteiger partial charge in [0.15, 0.2) is 5.82 Å². The molecule has 84 valence electrons. The number of hydrogen-bond donors (Lipinski definition) is 3. The molecule has 0 fully saturated rings. The third-order valence-corrected chi connectivity index (χ3v) is 1.87. The van der Waals surface area contributed by atoms with Gasteiger partial charge in [0.2, 0.25) is 0 Å². The van der Waals surface area contributed by atoms with Crippen LogP contribution < -0.4 is 10.6 Å². The zero-order valence-electron chi connectivity index (χ0n) is 9.13. The SMILES string of the molecule is CCCCNC(=O)NCc1n[nH]c(C)n1. The maximum absolute atomic E-state index is 11.2. The monoisotopic (exact) mass is 211 g/mol. The summed E-state index contributed by atoms with van der Waals surface area (Å²) < 4.78 is 0. The van der Waals surface area contributed by atoms with Crippen LogP contribution in [0.3, 0.4) is 0 Å². The highest BCUT2D eigenvalue weighted by Crippen LogP contribution is 1.89. The Kier molecular flexibility index (Phi) is 4.59. The number of carbonyl (C=O) groups is 1. The van der Waals surface area contributed by atoms with Crippen molar-refractivity contribution < 1.29 is 4.79 Å². The maximum atomic E-state index is 11.2. The van der Waals surface area contributed by atoms with Crippen molar-refractivity contribution in [2.45, 2.75) is 33.2 Å². The number of nitrogens with one attached hydrogen (secondary N) is 3. The van der Waals surface area contributed by atoms with Crippen molar-refractivity contribution in [2.75, 3.05) is 6.54 Å². The van der Waals surface area contributed by atoms with Crippen LogP contribution in [-0.2, 0) is 6.54 Å². The molecule has 0 unspecified atom stereocenters. The molecule has 0 aliphatic heterocycles.